The van der Waals surface area contributed by atoms with Crippen LogP contribution in [0.4, 0.5) is 0 Å². The second-order valence-electron chi connectivity index (χ2n) is 3.77. The van der Waals surface area contributed by atoms with Crippen molar-refractivity contribution in [2.24, 2.45) is 0 Å². The number of benzene rings is 1. The molecule has 0 aromatic heterocycles. The van der Waals surface area contributed by atoms with Crippen LogP contribution in [0.2, 0.25) is 0 Å². The molecule has 0 aliphatic rings. The van der Waals surface area contributed by atoms with E-state index >= 15 is 0 Å². The molecule has 0 radical (unpaired) electrons. The summed E-state index contributed by atoms with van der Waals surface area (Å²) >= 11 is 0. The van der Waals surface area contributed by atoms with Crippen LogP contribution in [0, 0.1) is 12.3 Å². The van der Waals surface area contributed by atoms with Gasteiger partial charge < -0.3 is 10.4 Å². The molecule has 0 fully saturated rings. The van der Waals surface area contributed by atoms with Gasteiger partial charge in [0.25, 0.3) is 0 Å². The summed E-state index contributed by atoms with van der Waals surface area (Å²) in [5, 5.41) is 12.0. The van der Waals surface area contributed by atoms with Crippen LogP contribution in [0.15, 0.2) is 30.3 Å². The van der Waals surface area contributed by atoms with Gasteiger partial charge in [-0.05, 0) is 12.0 Å². The Morgan fingerprint density at radius 1 is 1.41 bits per heavy atom. The number of rotatable bonds is 6. The van der Waals surface area contributed by atoms with E-state index in [4.69, 9.17) is 6.42 Å². The molecule has 90 valence electrons. The quantitative estimate of drug-likeness (QED) is 0.577. The van der Waals surface area contributed by atoms with Gasteiger partial charge >= 0.3 is 0 Å². The number of aliphatic hydroxyl groups is 1. The summed E-state index contributed by atoms with van der Waals surface area (Å²) in [7, 11) is 0. The highest BCUT2D eigenvalue weighted by atomic mass is 16.3. The minimum Gasteiger partial charge on any atom is -0.394 e. The minimum absolute atomic E-state index is 0.0804. The molecule has 1 aromatic carbocycles. The number of carbonyl (C=O) groups is 1. The fourth-order valence-corrected chi connectivity index (χ4v) is 1.54. The number of unbranched alkanes of at least 4 members (excludes halogenated alkanes) is 1. The lowest BCUT2D eigenvalue weighted by molar-refractivity contribution is -0.122. The molecule has 0 spiro atoms. The van der Waals surface area contributed by atoms with Gasteiger partial charge in [-0.15, -0.1) is 12.3 Å². The highest BCUT2D eigenvalue weighted by Gasteiger charge is 2.12. The molecule has 0 heterocycles. The van der Waals surface area contributed by atoms with E-state index in [-0.39, 0.29) is 18.6 Å². The van der Waals surface area contributed by atoms with Gasteiger partial charge in [0.2, 0.25) is 5.91 Å². The maximum atomic E-state index is 11.6. The van der Waals surface area contributed by atoms with Crippen molar-refractivity contribution < 1.29 is 9.90 Å². The molecule has 17 heavy (non-hydrogen) atoms. The van der Waals surface area contributed by atoms with Crippen LogP contribution in [-0.2, 0) is 4.79 Å². The van der Waals surface area contributed by atoms with Crippen LogP contribution in [0.1, 0.15) is 30.9 Å². The van der Waals surface area contributed by atoms with E-state index in [1.807, 2.05) is 30.3 Å². The summed E-state index contributed by atoms with van der Waals surface area (Å²) < 4.78 is 0. The SMILES string of the molecule is C#CCCCC(=O)N[C@H](CO)c1ccccc1. The van der Waals surface area contributed by atoms with Crippen molar-refractivity contribution in [2.45, 2.75) is 25.3 Å². The first-order chi connectivity index (χ1) is 8.27. The largest absolute Gasteiger partial charge is 0.394 e. The zero-order valence-electron chi connectivity index (χ0n) is 9.73. The van der Waals surface area contributed by atoms with Crippen LogP contribution in [-0.4, -0.2) is 17.6 Å². The maximum Gasteiger partial charge on any atom is 0.220 e. The molecule has 0 bridgehead atoms. The Morgan fingerprint density at radius 2 is 2.12 bits per heavy atom. The molecule has 0 saturated heterocycles. The highest BCUT2D eigenvalue weighted by molar-refractivity contribution is 5.76. The van der Waals surface area contributed by atoms with Crippen LogP contribution >= 0.6 is 0 Å². The Bertz CT molecular complexity index is 381. The first kappa shape index (κ1) is 13.3. The van der Waals surface area contributed by atoms with Crippen LogP contribution in [0.3, 0.4) is 0 Å². The third-order valence-corrected chi connectivity index (χ3v) is 2.44. The standard InChI is InChI=1S/C14H17NO2/c1-2-3-5-10-14(17)15-13(11-16)12-8-6-4-7-9-12/h1,4,6-9,13,16H,3,5,10-11H2,(H,15,17)/t13-/m1/s1. The van der Waals surface area contributed by atoms with Crippen LogP contribution < -0.4 is 5.32 Å². The second-order valence-corrected chi connectivity index (χ2v) is 3.77. The highest BCUT2D eigenvalue weighted by Crippen LogP contribution is 2.11. The summed E-state index contributed by atoms with van der Waals surface area (Å²) in [5.74, 6) is 2.41. The summed E-state index contributed by atoms with van der Waals surface area (Å²) in [5.41, 5.74) is 0.903. The number of hydrogen-bond acceptors (Lipinski definition) is 2. The van der Waals surface area contributed by atoms with Crippen molar-refractivity contribution in [3.63, 3.8) is 0 Å². The summed E-state index contributed by atoms with van der Waals surface area (Å²) in [6.07, 6.45) is 6.78. The lowest BCUT2D eigenvalue weighted by atomic mass is 10.1. The Labute approximate surface area is 102 Å². The maximum absolute atomic E-state index is 11.6. The molecule has 3 nitrogen and oxygen atoms in total. The van der Waals surface area contributed by atoms with Crippen LogP contribution in [0.25, 0.3) is 0 Å². The molecule has 1 atom stereocenters. The smallest absolute Gasteiger partial charge is 0.220 e. The predicted molar refractivity (Wildman–Crippen MR) is 67.1 cm³/mol. The fraction of sp³-hybridized carbons (Fsp3) is 0.357. The Kier molecular flexibility index (Phi) is 5.84. The average molecular weight is 231 g/mol. The van der Waals surface area contributed by atoms with Crippen molar-refractivity contribution in [3.8, 4) is 12.3 Å². The van der Waals surface area contributed by atoms with E-state index in [1.165, 1.54) is 0 Å². The van der Waals surface area contributed by atoms with Gasteiger partial charge in [0.05, 0.1) is 12.6 Å². The van der Waals surface area contributed by atoms with E-state index in [0.717, 1.165) is 5.56 Å². The third kappa shape index (κ3) is 4.71. The number of aliphatic hydroxyl groups excluding tert-OH is 1. The molecule has 0 saturated carbocycles. The molecular weight excluding hydrogens is 214 g/mol. The van der Waals surface area contributed by atoms with Crippen molar-refractivity contribution in [1.82, 2.24) is 5.32 Å². The first-order valence-electron chi connectivity index (χ1n) is 5.66. The number of amides is 1. The average Bonchev–Trinajstić information content (AvgIpc) is 2.37. The van der Waals surface area contributed by atoms with E-state index in [0.29, 0.717) is 19.3 Å². The van der Waals surface area contributed by atoms with Gasteiger partial charge in [-0.25, -0.2) is 0 Å². The Hall–Kier alpha value is -1.79. The van der Waals surface area contributed by atoms with Gasteiger partial charge in [-0.1, -0.05) is 30.3 Å². The number of terminal acetylenes is 1. The lowest BCUT2D eigenvalue weighted by Gasteiger charge is -2.16. The topological polar surface area (TPSA) is 49.3 Å². The Balaban J connectivity index is 2.48. The van der Waals surface area contributed by atoms with E-state index in [2.05, 4.69) is 11.2 Å². The van der Waals surface area contributed by atoms with Gasteiger partial charge in [-0.3, -0.25) is 4.79 Å². The number of nitrogens with one attached hydrogen (secondary N) is 1. The molecule has 1 rings (SSSR count). The summed E-state index contributed by atoms with van der Waals surface area (Å²) in [6.45, 7) is -0.106. The van der Waals surface area contributed by atoms with Gasteiger partial charge in [0.1, 0.15) is 0 Å². The summed E-state index contributed by atoms with van der Waals surface area (Å²) in [6, 6.07) is 9.07. The predicted octanol–water partition coefficient (Wildman–Crippen LogP) is 1.64. The van der Waals surface area contributed by atoms with E-state index in [9.17, 15) is 9.90 Å². The van der Waals surface area contributed by atoms with E-state index < -0.39 is 0 Å². The lowest BCUT2D eigenvalue weighted by Crippen LogP contribution is -2.30. The number of hydrogen-bond donors (Lipinski definition) is 2. The van der Waals surface area contributed by atoms with Crippen molar-refractivity contribution in [3.05, 3.63) is 35.9 Å². The zero-order chi connectivity index (χ0) is 12.5. The first-order valence-corrected chi connectivity index (χ1v) is 5.66. The molecule has 0 aliphatic carbocycles. The normalized spacial score (nSPS) is 11.5. The molecule has 0 unspecified atom stereocenters. The monoisotopic (exact) mass is 231 g/mol. The van der Waals surface area contributed by atoms with E-state index in [1.54, 1.807) is 0 Å². The zero-order valence-corrected chi connectivity index (χ0v) is 9.73. The summed E-state index contributed by atoms with van der Waals surface area (Å²) in [4.78, 5) is 11.6. The molecule has 2 N–H and O–H groups in total. The molecular formula is C14H17NO2. The van der Waals surface area contributed by atoms with Crippen molar-refractivity contribution in [2.75, 3.05) is 6.61 Å². The number of carbonyl (C=O) groups excluding carboxylic acids is 1. The third-order valence-electron chi connectivity index (χ3n) is 2.44. The Morgan fingerprint density at radius 3 is 2.71 bits per heavy atom. The van der Waals surface area contributed by atoms with Crippen molar-refractivity contribution >= 4 is 5.91 Å². The van der Waals surface area contributed by atoms with Crippen molar-refractivity contribution in [1.29, 1.82) is 0 Å². The van der Waals surface area contributed by atoms with Crippen LogP contribution in [0.5, 0.6) is 0 Å². The molecule has 0 aliphatic heterocycles. The molecule has 1 amide bonds. The molecule has 3 heteroatoms. The fourth-order valence-electron chi connectivity index (χ4n) is 1.54. The molecule has 1 aromatic rings. The second kappa shape index (κ2) is 7.48. The minimum atomic E-state index is -0.338. The van der Waals surface area contributed by atoms with Gasteiger partial charge in [-0.2, -0.15) is 0 Å². The van der Waals surface area contributed by atoms with Gasteiger partial charge in [0, 0.05) is 12.8 Å². The van der Waals surface area contributed by atoms with Gasteiger partial charge in [0.15, 0.2) is 0 Å².